The van der Waals surface area contributed by atoms with Crippen LogP contribution in [0.4, 0.5) is 0 Å². The Balaban J connectivity index is 0.000000388. The second-order valence-electron chi connectivity index (χ2n) is 6.77. The van der Waals surface area contributed by atoms with Gasteiger partial charge in [-0.2, -0.15) is 0 Å². The molecule has 1 aromatic heterocycles. The third-order valence-corrected chi connectivity index (χ3v) is 3.23. The number of hydrogen-bond acceptors (Lipinski definition) is 0. The van der Waals surface area contributed by atoms with Crippen LogP contribution in [-0.4, -0.2) is 4.57 Å². The highest BCUT2D eigenvalue weighted by molar-refractivity contribution is 6.07. The molecule has 0 aliphatic heterocycles. The van der Waals surface area contributed by atoms with Gasteiger partial charge in [-0.25, -0.2) is 0 Å². The first-order valence-electron chi connectivity index (χ1n) is 8.96. The maximum atomic E-state index is 2.44. The Bertz CT molecular complexity index is 648. The Labute approximate surface area is 142 Å². The Hall–Kier alpha value is -1.76. The Morgan fingerprint density at radius 1 is 0.696 bits per heavy atom. The molecule has 0 bridgehead atoms. The van der Waals surface area contributed by atoms with Crippen molar-refractivity contribution >= 4 is 21.8 Å². The molecule has 126 valence electrons. The third kappa shape index (κ3) is 5.13. The number of aromatic nitrogens is 1. The zero-order valence-electron chi connectivity index (χ0n) is 15.9. The Morgan fingerprint density at radius 2 is 1.04 bits per heavy atom. The van der Waals surface area contributed by atoms with E-state index < -0.39 is 0 Å². The molecule has 0 atom stereocenters. The smallest absolute Gasteiger partial charge is 0.0491 e. The van der Waals surface area contributed by atoms with Gasteiger partial charge in [0.15, 0.2) is 0 Å². The first-order valence-corrected chi connectivity index (χ1v) is 8.96. The van der Waals surface area contributed by atoms with E-state index in [0.29, 0.717) is 5.92 Å². The lowest BCUT2D eigenvalue weighted by molar-refractivity contribution is 0.545. The standard InChI is InChI=1S/C16H17N.C4H10.C2H6/c1-12(2)11-17-15-9-5-3-7-13(15)14-8-4-6-10-16(14)17;1-4(2)3;1-2/h3-10,12H,11H2,1-2H3;4H,1-3H3;1-2H3. The second-order valence-corrected chi connectivity index (χ2v) is 6.77. The molecule has 0 aliphatic rings. The van der Waals surface area contributed by atoms with E-state index in [2.05, 4.69) is 87.7 Å². The van der Waals surface area contributed by atoms with Crippen LogP contribution >= 0.6 is 0 Å². The van der Waals surface area contributed by atoms with Gasteiger partial charge in [-0.3, -0.25) is 0 Å². The fourth-order valence-electron chi connectivity index (χ4n) is 2.57. The predicted molar refractivity (Wildman–Crippen MR) is 106 cm³/mol. The van der Waals surface area contributed by atoms with Gasteiger partial charge in [0.25, 0.3) is 0 Å². The largest absolute Gasteiger partial charge is 0.340 e. The Kier molecular flexibility index (Phi) is 7.88. The van der Waals surface area contributed by atoms with Gasteiger partial charge >= 0.3 is 0 Å². The van der Waals surface area contributed by atoms with Crippen LogP contribution in [0.3, 0.4) is 0 Å². The van der Waals surface area contributed by atoms with Crippen LogP contribution in [0.15, 0.2) is 48.5 Å². The number of rotatable bonds is 2. The van der Waals surface area contributed by atoms with Crippen LogP contribution in [0.1, 0.15) is 48.5 Å². The molecule has 1 heterocycles. The Morgan fingerprint density at radius 3 is 1.39 bits per heavy atom. The molecule has 0 saturated carbocycles. The highest BCUT2D eigenvalue weighted by Gasteiger charge is 2.09. The van der Waals surface area contributed by atoms with Crippen molar-refractivity contribution in [2.45, 2.75) is 55.0 Å². The predicted octanol–water partition coefficient (Wildman–Crippen LogP) is 7.14. The van der Waals surface area contributed by atoms with Gasteiger partial charge in [0, 0.05) is 28.4 Å². The van der Waals surface area contributed by atoms with Crippen molar-refractivity contribution in [1.82, 2.24) is 4.57 Å². The van der Waals surface area contributed by atoms with Crippen molar-refractivity contribution in [2.75, 3.05) is 0 Å². The van der Waals surface area contributed by atoms with Crippen LogP contribution in [0.25, 0.3) is 21.8 Å². The minimum Gasteiger partial charge on any atom is -0.340 e. The quantitative estimate of drug-likeness (QED) is 0.474. The summed E-state index contributed by atoms with van der Waals surface area (Å²) in [5.74, 6) is 1.49. The van der Waals surface area contributed by atoms with Crippen molar-refractivity contribution < 1.29 is 0 Å². The summed E-state index contributed by atoms with van der Waals surface area (Å²) in [5, 5.41) is 2.73. The lowest BCUT2D eigenvalue weighted by atomic mass is 10.2. The van der Waals surface area contributed by atoms with E-state index in [9.17, 15) is 0 Å². The normalized spacial score (nSPS) is 10.5. The van der Waals surface area contributed by atoms with E-state index in [1.807, 2.05) is 13.8 Å². The second kappa shape index (κ2) is 9.39. The van der Waals surface area contributed by atoms with Crippen molar-refractivity contribution in [2.24, 2.45) is 11.8 Å². The van der Waals surface area contributed by atoms with Crippen molar-refractivity contribution in [3.05, 3.63) is 48.5 Å². The van der Waals surface area contributed by atoms with E-state index in [-0.39, 0.29) is 0 Å². The van der Waals surface area contributed by atoms with Crippen LogP contribution in [0.2, 0.25) is 0 Å². The summed E-state index contributed by atoms with van der Waals surface area (Å²) in [6.45, 7) is 16.1. The summed E-state index contributed by atoms with van der Waals surface area (Å²) in [6, 6.07) is 17.4. The van der Waals surface area contributed by atoms with Gasteiger partial charge in [0.2, 0.25) is 0 Å². The highest BCUT2D eigenvalue weighted by atomic mass is 15.0. The summed E-state index contributed by atoms with van der Waals surface area (Å²) >= 11 is 0. The van der Waals surface area contributed by atoms with E-state index in [1.54, 1.807) is 0 Å². The molecule has 1 heteroatoms. The molecule has 0 aliphatic carbocycles. The molecule has 1 nitrogen and oxygen atoms in total. The first kappa shape index (κ1) is 19.3. The number of nitrogens with zero attached hydrogens (tertiary/aromatic N) is 1. The zero-order valence-corrected chi connectivity index (χ0v) is 15.9. The molecule has 0 spiro atoms. The summed E-state index contributed by atoms with van der Waals surface area (Å²) in [4.78, 5) is 0. The fraction of sp³-hybridized carbons (Fsp3) is 0.455. The number of fused-ring (bicyclic) bond motifs is 3. The molecule has 3 aromatic rings. The van der Waals surface area contributed by atoms with Gasteiger partial charge in [-0.15, -0.1) is 0 Å². The van der Waals surface area contributed by atoms with Gasteiger partial charge in [-0.1, -0.05) is 84.9 Å². The maximum absolute atomic E-state index is 2.44. The van der Waals surface area contributed by atoms with Gasteiger partial charge < -0.3 is 4.57 Å². The molecule has 0 unspecified atom stereocenters. The van der Waals surface area contributed by atoms with Gasteiger partial charge in [0.1, 0.15) is 0 Å². The van der Waals surface area contributed by atoms with E-state index in [0.717, 1.165) is 12.5 Å². The maximum Gasteiger partial charge on any atom is 0.0491 e. The van der Waals surface area contributed by atoms with E-state index >= 15 is 0 Å². The lowest BCUT2D eigenvalue weighted by Gasteiger charge is -2.09. The van der Waals surface area contributed by atoms with Crippen LogP contribution in [0, 0.1) is 11.8 Å². The molecule has 0 saturated heterocycles. The SMILES string of the molecule is CC.CC(C)C.CC(C)Cn1c2ccccc2c2ccccc21. The van der Waals surface area contributed by atoms with Crippen molar-refractivity contribution in [3.63, 3.8) is 0 Å². The van der Waals surface area contributed by atoms with Crippen LogP contribution in [-0.2, 0) is 6.54 Å². The van der Waals surface area contributed by atoms with Crippen molar-refractivity contribution in [3.8, 4) is 0 Å². The molecule has 0 fully saturated rings. The molecule has 0 amide bonds. The number of para-hydroxylation sites is 2. The summed E-state index contributed by atoms with van der Waals surface area (Å²) < 4.78 is 2.44. The summed E-state index contributed by atoms with van der Waals surface area (Å²) in [7, 11) is 0. The van der Waals surface area contributed by atoms with Gasteiger partial charge in [-0.05, 0) is 24.0 Å². The fourth-order valence-corrected chi connectivity index (χ4v) is 2.57. The lowest BCUT2D eigenvalue weighted by Crippen LogP contribution is -2.03. The molecular weight excluding hydrogens is 278 g/mol. The highest BCUT2D eigenvalue weighted by Crippen LogP contribution is 2.29. The van der Waals surface area contributed by atoms with Gasteiger partial charge in [0.05, 0.1) is 0 Å². The average molecular weight is 312 g/mol. The molecular formula is C22H33N. The van der Waals surface area contributed by atoms with Crippen molar-refractivity contribution in [1.29, 1.82) is 0 Å². The molecule has 23 heavy (non-hydrogen) atoms. The minimum atomic E-state index is 0.661. The topological polar surface area (TPSA) is 4.93 Å². The molecule has 0 radical (unpaired) electrons. The summed E-state index contributed by atoms with van der Waals surface area (Å²) in [6.07, 6.45) is 0. The number of benzene rings is 2. The van der Waals surface area contributed by atoms with E-state index in [1.165, 1.54) is 21.8 Å². The molecule has 3 rings (SSSR count). The first-order chi connectivity index (χ1) is 11.0. The number of hydrogen-bond donors (Lipinski definition) is 0. The molecule has 0 N–H and O–H groups in total. The third-order valence-electron chi connectivity index (χ3n) is 3.23. The monoisotopic (exact) mass is 311 g/mol. The van der Waals surface area contributed by atoms with Crippen LogP contribution in [0.5, 0.6) is 0 Å². The molecule has 2 aromatic carbocycles. The van der Waals surface area contributed by atoms with E-state index in [4.69, 9.17) is 0 Å². The van der Waals surface area contributed by atoms with Crippen LogP contribution < -0.4 is 0 Å². The summed E-state index contributed by atoms with van der Waals surface area (Å²) in [5.41, 5.74) is 2.70. The minimum absolute atomic E-state index is 0.661. The average Bonchev–Trinajstić information content (AvgIpc) is 2.83. The zero-order chi connectivity index (χ0) is 17.4.